The fourth-order valence-electron chi connectivity index (χ4n) is 1.73. The van der Waals surface area contributed by atoms with Crippen LogP contribution < -0.4 is 17.2 Å². The average Bonchev–Trinajstić information content (AvgIpc) is 2.34. The number of rotatable bonds is 7. The SMILES string of the molecule is Cl.NC(=O)CCCC(C(N)=O)C(=O)c1ccc(N)cc1. The Hall–Kier alpha value is -2.08. The summed E-state index contributed by atoms with van der Waals surface area (Å²) in [5, 5.41) is 0. The summed E-state index contributed by atoms with van der Waals surface area (Å²) in [7, 11) is 0. The maximum Gasteiger partial charge on any atom is 0.228 e. The van der Waals surface area contributed by atoms with E-state index in [0.717, 1.165) is 0 Å². The van der Waals surface area contributed by atoms with Gasteiger partial charge in [0.1, 0.15) is 5.92 Å². The largest absolute Gasteiger partial charge is 0.399 e. The first kappa shape index (κ1) is 17.9. The van der Waals surface area contributed by atoms with Gasteiger partial charge in [0, 0.05) is 17.7 Å². The van der Waals surface area contributed by atoms with Crippen LogP contribution in [0.4, 0.5) is 5.69 Å². The maximum atomic E-state index is 12.1. The highest BCUT2D eigenvalue weighted by Crippen LogP contribution is 2.16. The van der Waals surface area contributed by atoms with Gasteiger partial charge in [0.15, 0.2) is 5.78 Å². The molecule has 1 atom stereocenters. The third-order valence-corrected chi connectivity index (χ3v) is 2.77. The molecule has 0 saturated heterocycles. The molecular weight excluding hydrogens is 282 g/mol. The molecule has 6 N–H and O–H groups in total. The summed E-state index contributed by atoms with van der Waals surface area (Å²) in [5.41, 5.74) is 16.6. The summed E-state index contributed by atoms with van der Waals surface area (Å²) in [4.78, 5) is 34.1. The topological polar surface area (TPSA) is 129 Å². The Labute approximate surface area is 123 Å². The Kier molecular flexibility index (Phi) is 7.31. The molecule has 0 aliphatic carbocycles. The predicted molar refractivity (Wildman–Crippen MR) is 78.2 cm³/mol. The molecule has 20 heavy (non-hydrogen) atoms. The molecule has 6 nitrogen and oxygen atoms in total. The summed E-state index contributed by atoms with van der Waals surface area (Å²) >= 11 is 0. The van der Waals surface area contributed by atoms with E-state index in [4.69, 9.17) is 17.2 Å². The van der Waals surface area contributed by atoms with Crippen molar-refractivity contribution in [2.24, 2.45) is 17.4 Å². The summed E-state index contributed by atoms with van der Waals surface area (Å²) in [5.74, 6) is -2.48. The molecule has 0 saturated carbocycles. The Morgan fingerprint density at radius 1 is 1.05 bits per heavy atom. The van der Waals surface area contributed by atoms with Gasteiger partial charge in [-0.3, -0.25) is 14.4 Å². The van der Waals surface area contributed by atoms with Crippen LogP contribution in [-0.2, 0) is 9.59 Å². The monoisotopic (exact) mass is 299 g/mol. The van der Waals surface area contributed by atoms with E-state index in [1.165, 1.54) is 0 Å². The van der Waals surface area contributed by atoms with Gasteiger partial charge in [0.25, 0.3) is 0 Å². The second kappa shape index (κ2) is 8.16. The van der Waals surface area contributed by atoms with Crippen LogP contribution in [0, 0.1) is 5.92 Å². The standard InChI is InChI=1S/C13H17N3O3.ClH/c14-9-6-4-8(5-7-9)12(18)10(13(16)19)2-1-3-11(15)17;/h4-7,10H,1-3,14H2,(H2,15,17)(H2,16,19);1H. The van der Waals surface area contributed by atoms with Gasteiger partial charge < -0.3 is 17.2 Å². The summed E-state index contributed by atoms with van der Waals surface area (Å²) in [6, 6.07) is 6.24. The molecule has 0 fully saturated rings. The number of amides is 2. The van der Waals surface area contributed by atoms with E-state index in [9.17, 15) is 14.4 Å². The van der Waals surface area contributed by atoms with Crippen LogP contribution in [0.1, 0.15) is 29.6 Å². The number of nitrogen functional groups attached to an aromatic ring is 1. The minimum atomic E-state index is -0.942. The lowest BCUT2D eigenvalue weighted by molar-refractivity contribution is -0.121. The Morgan fingerprint density at radius 2 is 1.60 bits per heavy atom. The third kappa shape index (κ3) is 5.27. The molecule has 1 aromatic carbocycles. The van der Waals surface area contributed by atoms with Crippen LogP contribution in [0.5, 0.6) is 0 Å². The Morgan fingerprint density at radius 3 is 2.05 bits per heavy atom. The smallest absolute Gasteiger partial charge is 0.228 e. The predicted octanol–water partition coefficient (Wildman–Crippen LogP) is 0.630. The minimum Gasteiger partial charge on any atom is -0.399 e. The number of carbonyl (C=O) groups is 3. The zero-order chi connectivity index (χ0) is 14.4. The number of benzene rings is 1. The highest BCUT2D eigenvalue weighted by atomic mass is 35.5. The zero-order valence-corrected chi connectivity index (χ0v) is 11.7. The molecule has 0 aliphatic rings. The summed E-state index contributed by atoms with van der Waals surface area (Å²) in [6.45, 7) is 0. The number of ketones is 1. The number of anilines is 1. The molecule has 7 heteroatoms. The summed E-state index contributed by atoms with van der Waals surface area (Å²) < 4.78 is 0. The van der Waals surface area contributed by atoms with E-state index in [1.54, 1.807) is 24.3 Å². The van der Waals surface area contributed by atoms with Crippen molar-refractivity contribution in [3.63, 3.8) is 0 Å². The fourth-order valence-corrected chi connectivity index (χ4v) is 1.73. The minimum absolute atomic E-state index is 0. The lowest BCUT2D eigenvalue weighted by atomic mass is 9.92. The number of nitrogens with two attached hydrogens (primary N) is 3. The van der Waals surface area contributed by atoms with Gasteiger partial charge in [0.2, 0.25) is 11.8 Å². The van der Waals surface area contributed by atoms with E-state index in [0.29, 0.717) is 17.7 Å². The van der Waals surface area contributed by atoms with Crippen molar-refractivity contribution < 1.29 is 14.4 Å². The quantitative estimate of drug-likeness (QED) is 0.387. The third-order valence-electron chi connectivity index (χ3n) is 2.77. The van der Waals surface area contributed by atoms with Crippen LogP contribution in [-0.4, -0.2) is 17.6 Å². The first-order valence-electron chi connectivity index (χ1n) is 5.89. The van der Waals surface area contributed by atoms with Gasteiger partial charge in [-0.05, 0) is 37.1 Å². The van der Waals surface area contributed by atoms with Crippen LogP contribution in [0.15, 0.2) is 24.3 Å². The van der Waals surface area contributed by atoms with Gasteiger partial charge in [-0.15, -0.1) is 12.4 Å². The van der Waals surface area contributed by atoms with E-state index < -0.39 is 17.7 Å². The summed E-state index contributed by atoms with van der Waals surface area (Å²) in [6.07, 6.45) is 0.684. The van der Waals surface area contributed by atoms with Gasteiger partial charge in [-0.25, -0.2) is 0 Å². The van der Waals surface area contributed by atoms with E-state index >= 15 is 0 Å². The van der Waals surface area contributed by atoms with Crippen molar-refractivity contribution in [2.45, 2.75) is 19.3 Å². The van der Waals surface area contributed by atoms with Crippen molar-refractivity contribution in [1.82, 2.24) is 0 Å². The van der Waals surface area contributed by atoms with Crippen molar-refractivity contribution >= 4 is 35.7 Å². The van der Waals surface area contributed by atoms with Crippen LogP contribution >= 0.6 is 12.4 Å². The van der Waals surface area contributed by atoms with E-state index in [-0.39, 0.29) is 31.0 Å². The number of hydrogen-bond donors (Lipinski definition) is 3. The molecule has 0 bridgehead atoms. The van der Waals surface area contributed by atoms with E-state index in [1.807, 2.05) is 0 Å². The number of hydrogen-bond acceptors (Lipinski definition) is 4. The molecule has 0 aliphatic heterocycles. The van der Waals surface area contributed by atoms with Crippen LogP contribution in [0.25, 0.3) is 0 Å². The van der Waals surface area contributed by atoms with Crippen molar-refractivity contribution in [1.29, 1.82) is 0 Å². The van der Waals surface area contributed by atoms with Crippen molar-refractivity contribution in [2.75, 3.05) is 5.73 Å². The second-order valence-corrected chi connectivity index (χ2v) is 4.30. The fraction of sp³-hybridized carbons (Fsp3) is 0.308. The van der Waals surface area contributed by atoms with Crippen LogP contribution in [0.3, 0.4) is 0 Å². The lowest BCUT2D eigenvalue weighted by Gasteiger charge is -2.11. The molecule has 2 amide bonds. The number of halogens is 1. The normalized spacial score (nSPS) is 11.2. The molecular formula is C13H18ClN3O3. The molecule has 0 radical (unpaired) electrons. The first-order valence-corrected chi connectivity index (χ1v) is 5.89. The van der Waals surface area contributed by atoms with Crippen molar-refractivity contribution in [3.05, 3.63) is 29.8 Å². The molecule has 0 aromatic heterocycles. The molecule has 110 valence electrons. The van der Waals surface area contributed by atoms with Crippen molar-refractivity contribution in [3.8, 4) is 0 Å². The second-order valence-electron chi connectivity index (χ2n) is 4.30. The van der Waals surface area contributed by atoms with E-state index in [2.05, 4.69) is 0 Å². The van der Waals surface area contributed by atoms with Gasteiger partial charge in [0.05, 0.1) is 0 Å². The first-order chi connectivity index (χ1) is 8.91. The highest BCUT2D eigenvalue weighted by Gasteiger charge is 2.25. The molecule has 0 heterocycles. The number of carbonyl (C=O) groups excluding carboxylic acids is 3. The molecule has 1 rings (SSSR count). The maximum absolute atomic E-state index is 12.1. The van der Waals surface area contributed by atoms with Crippen LogP contribution in [0.2, 0.25) is 0 Å². The number of primary amides is 2. The Bertz CT molecular complexity index is 488. The average molecular weight is 300 g/mol. The molecule has 1 aromatic rings. The number of Topliss-reactive ketones (excluding diaryl/α,β-unsaturated/α-hetero) is 1. The highest BCUT2D eigenvalue weighted by molar-refractivity contribution is 6.09. The molecule has 0 spiro atoms. The van der Waals surface area contributed by atoms with Gasteiger partial charge >= 0.3 is 0 Å². The lowest BCUT2D eigenvalue weighted by Crippen LogP contribution is -2.30. The zero-order valence-electron chi connectivity index (χ0n) is 10.9. The molecule has 1 unspecified atom stereocenters. The van der Waals surface area contributed by atoms with Gasteiger partial charge in [-0.1, -0.05) is 0 Å². The Balaban J connectivity index is 0.00000361. The van der Waals surface area contributed by atoms with Gasteiger partial charge in [-0.2, -0.15) is 0 Å².